The molecule has 0 aliphatic rings. The van der Waals surface area contributed by atoms with E-state index in [1.54, 1.807) is 11.3 Å². The molecule has 0 fully saturated rings. The van der Waals surface area contributed by atoms with E-state index < -0.39 is 0 Å². The first-order valence-corrected chi connectivity index (χ1v) is 19.8. The first-order chi connectivity index (χ1) is 28.2. The quantitative estimate of drug-likeness (QED) is 0.176. The fraction of sp³-hybridized carbons (Fsp3) is 0. The first-order valence-electron chi connectivity index (χ1n) is 19.0. The number of hydrogen-bond acceptors (Lipinski definition) is 5. The van der Waals surface area contributed by atoms with Gasteiger partial charge in [-0.05, 0) is 65.7 Å². The molecule has 0 radical (unpaired) electrons. The van der Waals surface area contributed by atoms with E-state index in [1.165, 1.54) is 31.1 Å². The third kappa shape index (κ3) is 5.12. The second-order valence-corrected chi connectivity index (χ2v) is 15.5. The molecule has 0 aliphatic heterocycles. The highest BCUT2D eigenvalue weighted by atomic mass is 32.1. The largest absolute Gasteiger partial charge is 0.454 e. The Kier molecular flexibility index (Phi) is 7.03. The summed E-state index contributed by atoms with van der Waals surface area (Å²) in [5.74, 6) is 1.88. The Morgan fingerprint density at radius 3 is 1.82 bits per heavy atom. The van der Waals surface area contributed by atoms with E-state index in [2.05, 4.69) is 156 Å². The molecule has 0 amide bonds. The van der Waals surface area contributed by atoms with Gasteiger partial charge in [-0.1, -0.05) is 127 Å². The first kappa shape index (κ1) is 31.9. The monoisotopic (exact) mass is 746 g/mol. The Hall–Kier alpha value is -7.41. The zero-order valence-electron chi connectivity index (χ0n) is 30.4. The van der Waals surface area contributed by atoms with E-state index in [4.69, 9.17) is 19.4 Å². The van der Waals surface area contributed by atoms with Crippen LogP contribution in [0.3, 0.4) is 0 Å². The average molecular weight is 747 g/mol. The lowest BCUT2D eigenvalue weighted by Gasteiger charge is -2.10. The van der Waals surface area contributed by atoms with Gasteiger partial charge >= 0.3 is 0 Å². The third-order valence-electron chi connectivity index (χ3n) is 11.0. The second-order valence-electron chi connectivity index (χ2n) is 14.4. The van der Waals surface area contributed by atoms with Crippen molar-refractivity contribution in [3.8, 4) is 51.0 Å². The molecule has 57 heavy (non-hydrogen) atoms. The maximum absolute atomic E-state index is 6.84. The van der Waals surface area contributed by atoms with Crippen LogP contribution in [0.5, 0.6) is 0 Å². The van der Waals surface area contributed by atoms with Gasteiger partial charge in [-0.15, -0.1) is 11.3 Å². The van der Waals surface area contributed by atoms with Crippen LogP contribution in [0.15, 0.2) is 186 Å². The predicted molar refractivity (Wildman–Crippen MR) is 236 cm³/mol. The molecule has 266 valence electrons. The summed E-state index contributed by atoms with van der Waals surface area (Å²) in [5, 5.41) is 6.88. The highest BCUT2D eigenvalue weighted by molar-refractivity contribution is 7.25. The molecule has 4 aromatic heterocycles. The van der Waals surface area contributed by atoms with Crippen LogP contribution in [-0.4, -0.2) is 19.5 Å². The summed E-state index contributed by atoms with van der Waals surface area (Å²) >= 11 is 1.79. The van der Waals surface area contributed by atoms with E-state index in [1.807, 2.05) is 30.3 Å². The van der Waals surface area contributed by atoms with Gasteiger partial charge < -0.3 is 8.98 Å². The SMILES string of the molecule is c1ccc(-c2cccc(-n3c4ccccc4c4ccc5c6cc(-c7nc(-c8ccccc8)nc(-c8ccc9c(c8)sc8ccccc89)n7)ccc6oc5c43)c2)cc1. The topological polar surface area (TPSA) is 56.7 Å². The molecule has 0 spiro atoms. The fourth-order valence-electron chi connectivity index (χ4n) is 8.36. The van der Waals surface area contributed by atoms with Gasteiger partial charge in [-0.25, -0.2) is 15.0 Å². The minimum Gasteiger partial charge on any atom is -0.454 e. The fourth-order valence-corrected chi connectivity index (χ4v) is 9.51. The van der Waals surface area contributed by atoms with Crippen molar-refractivity contribution in [2.24, 2.45) is 0 Å². The Morgan fingerprint density at radius 1 is 0.386 bits per heavy atom. The number of thiophene rings is 1. The lowest BCUT2D eigenvalue weighted by atomic mass is 10.0. The second kappa shape index (κ2) is 12.6. The Labute approximate surface area is 330 Å². The van der Waals surface area contributed by atoms with Crippen molar-refractivity contribution >= 4 is 75.3 Å². The van der Waals surface area contributed by atoms with Gasteiger partial charge in [0, 0.05) is 64.1 Å². The van der Waals surface area contributed by atoms with Crippen molar-refractivity contribution in [3.63, 3.8) is 0 Å². The Bertz CT molecular complexity index is 3530. The summed E-state index contributed by atoms with van der Waals surface area (Å²) in [5.41, 5.74) is 10.0. The van der Waals surface area contributed by atoms with Crippen LogP contribution >= 0.6 is 11.3 Å². The molecule has 5 nitrogen and oxygen atoms in total. The number of rotatable bonds is 5. The maximum atomic E-state index is 6.84. The molecule has 0 bridgehead atoms. The molecule has 0 saturated carbocycles. The molecule has 0 atom stereocenters. The number of para-hydroxylation sites is 1. The van der Waals surface area contributed by atoms with E-state index in [0.717, 1.165) is 66.3 Å². The molecule has 8 aromatic carbocycles. The minimum atomic E-state index is 0.611. The summed E-state index contributed by atoms with van der Waals surface area (Å²) in [4.78, 5) is 15.3. The molecule has 0 unspecified atom stereocenters. The zero-order chi connectivity index (χ0) is 37.5. The highest BCUT2D eigenvalue weighted by Crippen LogP contribution is 2.42. The van der Waals surface area contributed by atoms with Crippen molar-refractivity contribution in [1.82, 2.24) is 19.5 Å². The van der Waals surface area contributed by atoms with Crippen LogP contribution in [0.1, 0.15) is 0 Å². The van der Waals surface area contributed by atoms with Crippen LogP contribution in [0.2, 0.25) is 0 Å². The average Bonchev–Trinajstić information content (AvgIpc) is 3.96. The molecule has 4 heterocycles. The number of nitrogens with zero attached hydrogens (tertiary/aromatic N) is 4. The molecule has 0 N–H and O–H groups in total. The summed E-state index contributed by atoms with van der Waals surface area (Å²) in [6, 6.07) is 63.8. The molecular weight excluding hydrogens is 717 g/mol. The number of furan rings is 1. The predicted octanol–water partition coefficient (Wildman–Crippen LogP) is 13.9. The Balaban J connectivity index is 1.05. The van der Waals surface area contributed by atoms with E-state index in [0.29, 0.717) is 17.5 Å². The minimum absolute atomic E-state index is 0.611. The van der Waals surface area contributed by atoms with Crippen molar-refractivity contribution in [1.29, 1.82) is 0 Å². The van der Waals surface area contributed by atoms with Crippen LogP contribution < -0.4 is 0 Å². The van der Waals surface area contributed by atoms with Gasteiger partial charge in [0.15, 0.2) is 23.1 Å². The third-order valence-corrected chi connectivity index (χ3v) is 12.2. The van der Waals surface area contributed by atoms with Crippen LogP contribution in [-0.2, 0) is 0 Å². The standard InChI is InChI=1S/C51H30N4OS/c1-3-12-31(13-4-1)33-16-11-17-36(28-33)55-43-20-9-7-18-37(43)40-25-26-41-42-29-34(23-27-44(42)56-48(41)47(40)55)50-52-49(32-14-5-2-6-15-32)53-51(54-50)35-22-24-39-38-19-8-10-21-45(38)57-46(39)30-35/h1-30H. The van der Waals surface area contributed by atoms with Crippen molar-refractivity contribution in [2.75, 3.05) is 0 Å². The number of fused-ring (bicyclic) bond motifs is 10. The van der Waals surface area contributed by atoms with Gasteiger partial charge in [-0.3, -0.25) is 0 Å². The molecule has 12 aromatic rings. The van der Waals surface area contributed by atoms with Crippen molar-refractivity contribution in [2.45, 2.75) is 0 Å². The van der Waals surface area contributed by atoms with Gasteiger partial charge in [0.25, 0.3) is 0 Å². The summed E-state index contributed by atoms with van der Waals surface area (Å²) in [6.45, 7) is 0. The van der Waals surface area contributed by atoms with Gasteiger partial charge in [-0.2, -0.15) is 0 Å². The van der Waals surface area contributed by atoms with Crippen molar-refractivity contribution < 1.29 is 4.42 Å². The summed E-state index contributed by atoms with van der Waals surface area (Å²) < 4.78 is 11.7. The molecule has 0 saturated heterocycles. The van der Waals surface area contributed by atoms with Gasteiger partial charge in [0.05, 0.1) is 11.0 Å². The molecular formula is C51H30N4OS. The van der Waals surface area contributed by atoms with Crippen LogP contribution in [0.25, 0.3) is 115 Å². The van der Waals surface area contributed by atoms with Gasteiger partial charge in [0.1, 0.15) is 5.58 Å². The van der Waals surface area contributed by atoms with E-state index in [-0.39, 0.29) is 0 Å². The van der Waals surface area contributed by atoms with E-state index in [9.17, 15) is 0 Å². The van der Waals surface area contributed by atoms with Crippen molar-refractivity contribution in [3.05, 3.63) is 182 Å². The molecule has 6 heteroatoms. The molecule has 0 aliphatic carbocycles. The highest BCUT2D eigenvalue weighted by Gasteiger charge is 2.21. The maximum Gasteiger partial charge on any atom is 0.164 e. The Morgan fingerprint density at radius 2 is 1.00 bits per heavy atom. The lowest BCUT2D eigenvalue weighted by molar-refractivity contribution is 0.671. The van der Waals surface area contributed by atoms with E-state index >= 15 is 0 Å². The van der Waals surface area contributed by atoms with Crippen LogP contribution in [0.4, 0.5) is 0 Å². The van der Waals surface area contributed by atoms with Gasteiger partial charge in [0.2, 0.25) is 0 Å². The normalized spacial score (nSPS) is 11.9. The number of benzene rings is 8. The summed E-state index contributed by atoms with van der Waals surface area (Å²) in [7, 11) is 0. The summed E-state index contributed by atoms with van der Waals surface area (Å²) in [6.07, 6.45) is 0. The van der Waals surface area contributed by atoms with Crippen LogP contribution in [0, 0.1) is 0 Å². The lowest BCUT2D eigenvalue weighted by Crippen LogP contribution is -2.00. The smallest absolute Gasteiger partial charge is 0.164 e. The zero-order valence-corrected chi connectivity index (χ0v) is 31.2. The molecule has 12 rings (SSSR count). The number of aromatic nitrogens is 4. The number of hydrogen-bond donors (Lipinski definition) is 0.